The van der Waals surface area contributed by atoms with E-state index in [-0.39, 0.29) is 5.82 Å². The summed E-state index contributed by atoms with van der Waals surface area (Å²) in [6, 6.07) is 13.9. The molecule has 0 atom stereocenters. The molecule has 0 amide bonds. The van der Waals surface area contributed by atoms with Crippen molar-refractivity contribution in [1.82, 2.24) is 25.2 Å². The normalized spacial score (nSPS) is 15.8. The van der Waals surface area contributed by atoms with Gasteiger partial charge in [-0.3, -0.25) is 14.7 Å². The molecule has 0 spiro atoms. The zero-order chi connectivity index (χ0) is 24.9. The second-order valence-corrected chi connectivity index (χ2v) is 9.35. The minimum atomic E-state index is -0.320. The van der Waals surface area contributed by atoms with Crippen LogP contribution in [0.2, 0.25) is 0 Å². The smallest absolute Gasteiger partial charge is 0.147 e. The predicted octanol–water partition coefficient (Wildman–Crippen LogP) is 5.20. The number of likely N-dealkylation sites (tertiary alicyclic amines) is 1. The number of para-hydroxylation sites is 1. The van der Waals surface area contributed by atoms with Crippen LogP contribution in [-0.2, 0) is 17.9 Å². The monoisotopic (exact) mass is 483 g/mol. The predicted molar refractivity (Wildman–Crippen MR) is 141 cm³/mol. The number of carbonyl (C=O) groups is 1. The minimum Gasteiger partial charge on any atom is -0.384 e. The van der Waals surface area contributed by atoms with Crippen LogP contribution >= 0.6 is 0 Å². The summed E-state index contributed by atoms with van der Waals surface area (Å²) in [4.78, 5) is 25.6. The van der Waals surface area contributed by atoms with Gasteiger partial charge in [-0.25, -0.2) is 9.37 Å². The van der Waals surface area contributed by atoms with Gasteiger partial charge in [0.05, 0.1) is 29.3 Å². The number of halogens is 1. The number of hydrogen-bond donors (Lipinski definition) is 2. The molecule has 6 nitrogen and oxygen atoms in total. The van der Waals surface area contributed by atoms with Crippen LogP contribution in [0.25, 0.3) is 21.9 Å². The van der Waals surface area contributed by atoms with Crippen LogP contribution in [0.5, 0.6) is 0 Å². The summed E-state index contributed by atoms with van der Waals surface area (Å²) in [5.74, 6) is 0.962. The van der Waals surface area contributed by atoms with Gasteiger partial charge in [0, 0.05) is 29.1 Å². The lowest BCUT2D eigenvalue weighted by Crippen LogP contribution is -2.36. The molecule has 184 valence electrons. The number of piperidine rings is 1. The number of imidazole rings is 1. The van der Waals surface area contributed by atoms with Crippen molar-refractivity contribution in [2.24, 2.45) is 5.92 Å². The molecule has 0 unspecified atom stereocenters. The molecular weight excluding hydrogens is 453 g/mol. The topological polar surface area (TPSA) is 73.9 Å². The highest BCUT2D eigenvalue weighted by Crippen LogP contribution is 2.26. The van der Waals surface area contributed by atoms with Crippen LogP contribution in [0.1, 0.15) is 29.8 Å². The lowest BCUT2D eigenvalue weighted by Gasteiger charge is -2.33. The number of nitrogens with one attached hydrogen (secondary N) is 2. The summed E-state index contributed by atoms with van der Waals surface area (Å²) in [6.07, 6.45) is 9.15. The Morgan fingerprint density at radius 2 is 2.00 bits per heavy atom. The van der Waals surface area contributed by atoms with Crippen molar-refractivity contribution in [1.29, 1.82) is 0 Å². The number of aromatic nitrogens is 3. The molecule has 1 fully saturated rings. The standard InChI is InChI=1S/C29H30FN5O/c1-20-9-10-27-28(16-20)34-29(33-27)19-35-13-11-21(12-14-35)25(7-4-5-15-36)31-17-23-22-6-2-3-8-26(22)32-18-24(23)30/h2-10,15-16,18,21,31H,11-14,17,19H2,1H3,(H,33,34)/b5-4-,25-7-. The second-order valence-electron chi connectivity index (χ2n) is 9.35. The summed E-state index contributed by atoms with van der Waals surface area (Å²) in [6.45, 7) is 5.09. The van der Waals surface area contributed by atoms with Crippen molar-refractivity contribution in [2.45, 2.75) is 32.9 Å². The van der Waals surface area contributed by atoms with Gasteiger partial charge < -0.3 is 10.3 Å². The van der Waals surface area contributed by atoms with Gasteiger partial charge >= 0.3 is 0 Å². The van der Waals surface area contributed by atoms with Crippen molar-refractivity contribution in [2.75, 3.05) is 13.1 Å². The number of fused-ring (bicyclic) bond motifs is 2. The second kappa shape index (κ2) is 10.8. The molecule has 4 aromatic rings. The third-order valence-corrected chi connectivity index (χ3v) is 6.86. The first kappa shape index (κ1) is 23.9. The molecule has 2 aromatic carbocycles. The summed E-state index contributed by atoms with van der Waals surface area (Å²) in [5.41, 5.74) is 5.69. The molecule has 0 aliphatic carbocycles. The number of rotatable bonds is 8. The molecule has 0 bridgehead atoms. The first-order valence-electron chi connectivity index (χ1n) is 12.4. The van der Waals surface area contributed by atoms with Gasteiger partial charge in [-0.15, -0.1) is 0 Å². The number of carbonyl (C=O) groups excluding carboxylic acids is 1. The van der Waals surface area contributed by atoms with Crippen molar-refractivity contribution >= 4 is 28.2 Å². The summed E-state index contributed by atoms with van der Waals surface area (Å²) in [7, 11) is 0. The van der Waals surface area contributed by atoms with Gasteiger partial charge in [-0.05, 0) is 68.8 Å². The van der Waals surface area contributed by atoms with Crippen LogP contribution in [0, 0.1) is 18.7 Å². The van der Waals surface area contributed by atoms with Crippen molar-refractivity contribution < 1.29 is 9.18 Å². The van der Waals surface area contributed by atoms with Crippen molar-refractivity contribution in [3.05, 3.63) is 95.4 Å². The molecule has 3 heterocycles. The Morgan fingerprint density at radius 1 is 1.17 bits per heavy atom. The lowest BCUT2D eigenvalue weighted by atomic mass is 9.92. The molecule has 2 N–H and O–H groups in total. The first-order valence-corrected chi connectivity index (χ1v) is 12.4. The third-order valence-electron chi connectivity index (χ3n) is 6.86. The number of pyridine rings is 1. The van der Waals surface area contributed by atoms with Gasteiger partial charge in [-0.1, -0.05) is 30.3 Å². The molecule has 1 aliphatic heterocycles. The SMILES string of the molecule is Cc1ccc2nc(CN3CCC(/C(=C/C=C\C=O)NCc4c(F)cnc5ccccc45)CC3)[nH]c2c1. The molecule has 36 heavy (non-hydrogen) atoms. The van der Waals surface area contributed by atoms with Gasteiger partial charge in [-0.2, -0.15) is 0 Å². The number of aryl methyl sites for hydroxylation is 1. The van der Waals surface area contributed by atoms with E-state index < -0.39 is 0 Å². The number of allylic oxidation sites excluding steroid dienone is 4. The summed E-state index contributed by atoms with van der Waals surface area (Å²) >= 11 is 0. The number of hydrogen-bond acceptors (Lipinski definition) is 5. The zero-order valence-electron chi connectivity index (χ0n) is 20.4. The highest BCUT2D eigenvalue weighted by Gasteiger charge is 2.23. The number of nitrogens with zero attached hydrogens (tertiary/aromatic N) is 3. The maximum atomic E-state index is 14.7. The maximum absolute atomic E-state index is 14.7. The van der Waals surface area contributed by atoms with Crippen LogP contribution < -0.4 is 5.32 Å². The van der Waals surface area contributed by atoms with Gasteiger partial charge in [0.1, 0.15) is 17.9 Å². The molecule has 7 heteroatoms. The number of benzene rings is 2. The largest absolute Gasteiger partial charge is 0.384 e. The van der Waals surface area contributed by atoms with E-state index in [1.165, 1.54) is 17.8 Å². The zero-order valence-corrected chi connectivity index (χ0v) is 20.4. The average Bonchev–Trinajstić information content (AvgIpc) is 3.29. The van der Waals surface area contributed by atoms with Crippen molar-refractivity contribution in [3.63, 3.8) is 0 Å². The van der Waals surface area contributed by atoms with Crippen LogP contribution in [0.15, 0.2) is 72.6 Å². The van der Waals surface area contributed by atoms with E-state index >= 15 is 0 Å². The Morgan fingerprint density at radius 3 is 2.83 bits per heavy atom. The molecule has 0 radical (unpaired) electrons. The highest BCUT2D eigenvalue weighted by molar-refractivity contribution is 5.82. The lowest BCUT2D eigenvalue weighted by molar-refractivity contribution is -0.104. The van der Waals surface area contributed by atoms with E-state index in [0.29, 0.717) is 18.0 Å². The van der Waals surface area contributed by atoms with E-state index in [0.717, 1.165) is 72.2 Å². The molecule has 0 saturated carbocycles. The van der Waals surface area contributed by atoms with E-state index in [1.807, 2.05) is 30.3 Å². The molecule has 5 rings (SSSR count). The Labute approximate surface area is 209 Å². The Bertz CT molecular complexity index is 1430. The van der Waals surface area contributed by atoms with E-state index in [4.69, 9.17) is 4.98 Å². The van der Waals surface area contributed by atoms with E-state index in [9.17, 15) is 9.18 Å². The minimum absolute atomic E-state index is 0.298. The summed E-state index contributed by atoms with van der Waals surface area (Å²) < 4.78 is 14.7. The van der Waals surface area contributed by atoms with Crippen LogP contribution in [0.3, 0.4) is 0 Å². The number of aldehydes is 1. The molecule has 2 aromatic heterocycles. The molecular formula is C29H30FN5O. The Hall–Kier alpha value is -3.84. The average molecular weight is 484 g/mol. The quantitative estimate of drug-likeness (QED) is 0.205. The fourth-order valence-corrected chi connectivity index (χ4v) is 4.95. The van der Waals surface area contributed by atoms with Crippen LogP contribution in [-0.4, -0.2) is 39.2 Å². The maximum Gasteiger partial charge on any atom is 0.147 e. The van der Waals surface area contributed by atoms with Gasteiger partial charge in [0.25, 0.3) is 0 Å². The van der Waals surface area contributed by atoms with E-state index in [2.05, 4.69) is 45.3 Å². The molecule has 1 aliphatic rings. The third kappa shape index (κ3) is 5.36. The Kier molecular flexibility index (Phi) is 7.18. The number of H-pyrrole nitrogens is 1. The Balaban J connectivity index is 1.26. The highest BCUT2D eigenvalue weighted by atomic mass is 19.1. The fraction of sp³-hybridized carbons (Fsp3) is 0.276. The van der Waals surface area contributed by atoms with Crippen LogP contribution in [0.4, 0.5) is 4.39 Å². The van der Waals surface area contributed by atoms with Gasteiger partial charge in [0.2, 0.25) is 0 Å². The first-order chi connectivity index (χ1) is 17.6. The van der Waals surface area contributed by atoms with Gasteiger partial charge in [0.15, 0.2) is 0 Å². The molecule has 1 saturated heterocycles. The van der Waals surface area contributed by atoms with Crippen molar-refractivity contribution in [3.8, 4) is 0 Å². The summed E-state index contributed by atoms with van der Waals surface area (Å²) in [5, 5.41) is 4.28. The number of aromatic amines is 1. The fourth-order valence-electron chi connectivity index (χ4n) is 4.95. The van der Waals surface area contributed by atoms with E-state index in [1.54, 1.807) is 6.08 Å².